The van der Waals surface area contributed by atoms with E-state index in [2.05, 4.69) is 50.9 Å². The van der Waals surface area contributed by atoms with Crippen LogP contribution in [0.2, 0.25) is 0 Å². The molecule has 3 aromatic carbocycles. The summed E-state index contributed by atoms with van der Waals surface area (Å²) < 4.78 is 27.0. The van der Waals surface area contributed by atoms with Gasteiger partial charge in [0.2, 0.25) is 11.8 Å². The number of amides is 4. The van der Waals surface area contributed by atoms with Crippen molar-refractivity contribution in [1.82, 2.24) is 40.4 Å². The number of aromatic nitrogens is 4. The molecule has 62 heavy (non-hydrogen) atoms. The molecule has 0 saturated carbocycles. The van der Waals surface area contributed by atoms with Gasteiger partial charge in [-0.25, -0.2) is 19.6 Å². The van der Waals surface area contributed by atoms with Gasteiger partial charge in [0.15, 0.2) is 0 Å². The first-order chi connectivity index (χ1) is 29.8. The lowest BCUT2D eigenvalue weighted by molar-refractivity contribution is -0.140. The molecule has 8 rings (SSSR count). The van der Waals surface area contributed by atoms with Crippen LogP contribution >= 0.6 is 0 Å². The highest BCUT2D eigenvalue weighted by molar-refractivity contribution is 6.07. The average molecular weight is 851 g/mol. The van der Waals surface area contributed by atoms with Gasteiger partial charge in [0.05, 0.1) is 61.4 Å². The van der Waals surface area contributed by atoms with Gasteiger partial charge >= 0.3 is 12.2 Å². The van der Waals surface area contributed by atoms with Gasteiger partial charge in [-0.3, -0.25) is 9.59 Å². The zero-order valence-corrected chi connectivity index (χ0v) is 36.2. The molecule has 3 aliphatic rings. The number of rotatable bonds is 11. The first-order valence-electron chi connectivity index (χ1n) is 21.0. The smallest absolute Gasteiger partial charge is 0.407 e. The van der Waals surface area contributed by atoms with E-state index in [-0.39, 0.29) is 36.0 Å². The van der Waals surface area contributed by atoms with Gasteiger partial charge in [-0.15, -0.1) is 0 Å². The average Bonchev–Trinajstić information content (AvgIpc) is 4.11. The Kier molecular flexibility index (Phi) is 11.8. The maximum absolute atomic E-state index is 14.0. The normalized spacial score (nSPS) is 21.4. The van der Waals surface area contributed by atoms with Crippen LogP contribution in [-0.4, -0.2) is 119 Å². The van der Waals surface area contributed by atoms with Crippen molar-refractivity contribution in [2.24, 2.45) is 0 Å². The van der Waals surface area contributed by atoms with Gasteiger partial charge < -0.3 is 54.1 Å². The molecule has 5 heterocycles. The third kappa shape index (κ3) is 7.67. The lowest BCUT2D eigenvalue weighted by Crippen LogP contribution is -2.55. The monoisotopic (exact) mass is 850 g/mol. The van der Waals surface area contributed by atoms with Crippen molar-refractivity contribution in [3.63, 3.8) is 0 Å². The van der Waals surface area contributed by atoms with E-state index in [0.29, 0.717) is 31.1 Å². The standard InChI is InChI=1S/C45H54N8O9/c1-22-9-15-34(52(22)42(54)37(24(3)58-5)50-44(56)60-7)40-46-20-33(48-40)27-11-13-29-28(17-27)21-62-36-19-30-26(18-31(29)36)12-14-32-39(30)49-41(47-32)35-16-10-23(2)53(35)43(55)38(25(4)59-6)51-45(57)61-8/h11-14,17-20,22-25,34-35,37-38H,9-10,15-16,21H2,1-8H3,(H,46,48)(H,47,49)(H,50,56)(H,51,57)/t22-,23-,24-,25-,34-,35-,37-,38?/m0/s1. The fraction of sp³-hybridized carbons (Fsp3) is 0.467. The van der Waals surface area contributed by atoms with Gasteiger partial charge in [0.1, 0.15) is 36.1 Å². The highest BCUT2D eigenvalue weighted by atomic mass is 16.5. The second-order valence-electron chi connectivity index (χ2n) is 16.5. The Balaban J connectivity index is 1.04. The highest BCUT2D eigenvalue weighted by Crippen LogP contribution is 2.44. The number of likely N-dealkylation sites (tertiary alicyclic amines) is 2. The van der Waals surface area contributed by atoms with Crippen molar-refractivity contribution >= 4 is 45.8 Å². The third-order valence-corrected chi connectivity index (χ3v) is 12.9. The summed E-state index contributed by atoms with van der Waals surface area (Å²) in [6.45, 7) is 7.83. The molecule has 0 spiro atoms. The number of alkyl carbamates (subject to hydrolysis) is 2. The molecule has 0 bridgehead atoms. The van der Waals surface area contributed by atoms with Gasteiger partial charge in [-0.2, -0.15) is 0 Å². The molecule has 17 heteroatoms. The Labute approximate surface area is 359 Å². The number of methoxy groups -OCH3 is 4. The Morgan fingerprint density at radius 1 is 0.758 bits per heavy atom. The molecule has 8 atom stereocenters. The van der Waals surface area contributed by atoms with E-state index >= 15 is 0 Å². The number of nitrogens with one attached hydrogen (secondary N) is 4. The molecule has 5 aromatic rings. The van der Waals surface area contributed by atoms with Crippen LogP contribution in [0.5, 0.6) is 5.75 Å². The summed E-state index contributed by atoms with van der Waals surface area (Å²) in [5, 5.41) is 7.23. The molecule has 2 fully saturated rings. The number of fused-ring (bicyclic) bond motifs is 6. The second kappa shape index (κ2) is 17.3. The first-order valence-corrected chi connectivity index (χ1v) is 21.0. The number of carbonyl (C=O) groups is 4. The SMILES string of the molecule is COC(=O)NC(C(=O)N1[C@@H](C)CC[C@H]1c1nc2c(ccc3cc4c(cc32)OCc2cc(-c3cnc([C@@H]5CC[C@H](C)N5C(=O)[C@@H](NC(=O)OC)[C@H](C)OC)[nH]3)ccc2-4)[nH]1)[C@H](C)OC. The van der Waals surface area contributed by atoms with Crippen LogP contribution in [0.15, 0.2) is 48.7 Å². The molecule has 0 aliphatic carbocycles. The third-order valence-electron chi connectivity index (χ3n) is 12.9. The van der Waals surface area contributed by atoms with Crippen LogP contribution in [0.25, 0.3) is 44.2 Å². The van der Waals surface area contributed by atoms with E-state index in [0.717, 1.165) is 68.3 Å². The van der Waals surface area contributed by atoms with Gasteiger partial charge in [0, 0.05) is 37.3 Å². The van der Waals surface area contributed by atoms with Crippen molar-refractivity contribution in [1.29, 1.82) is 0 Å². The van der Waals surface area contributed by atoms with Crippen LogP contribution in [0, 0.1) is 0 Å². The van der Waals surface area contributed by atoms with E-state index in [1.54, 1.807) is 29.8 Å². The predicted octanol–water partition coefficient (Wildman–Crippen LogP) is 6.29. The quantitative estimate of drug-likeness (QED) is 0.116. The maximum Gasteiger partial charge on any atom is 0.407 e. The highest BCUT2D eigenvalue weighted by Gasteiger charge is 2.44. The molecular weight excluding hydrogens is 797 g/mol. The van der Waals surface area contributed by atoms with E-state index < -0.39 is 36.5 Å². The lowest BCUT2D eigenvalue weighted by Gasteiger charge is -2.33. The minimum Gasteiger partial charge on any atom is -0.488 e. The van der Waals surface area contributed by atoms with Gasteiger partial charge in [0.25, 0.3) is 0 Å². The number of ether oxygens (including phenoxy) is 5. The Hall–Kier alpha value is -6.20. The molecule has 4 N–H and O–H groups in total. The molecule has 4 amide bonds. The molecule has 0 radical (unpaired) electrons. The summed E-state index contributed by atoms with van der Waals surface area (Å²) in [6, 6.07) is 11.8. The number of hydrogen-bond donors (Lipinski definition) is 4. The fourth-order valence-corrected chi connectivity index (χ4v) is 9.26. The van der Waals surface area contributed by atoms with Crippen molar-refractivity contribution in [3.05, 3.63) is 65.9 Å². The fourth-order valence-electron chi connectivity index (χ4n) is 9.26. The largest absolute Gasteiger partial charge is 0.488 e. The maximum atomic E-state index is 14.0. The topological polar surface area (TPSA) is 202 Å². The molecule has 3 aliphatic heterocycles. The van der Waals surface area contributed by atoms with Crippen molar-refractivity contribution in [2.75, 3.05) is 28.4 Å². The zero-order chi connectivity index (χ0) is 44.0. The number of carbonyl (C=O) groups excluding carboxylic acids is 4. The molecule has 17 nitrogen and oxygen atoms in total. The van der Waals surface area contributed by atoms with Crippen molar-refractivity contribution in [3.8, 4) is 28.1 Å². The molecule has 2 saturated heterocycles. The summed E-state index contributed by atoms with van der Waals surface area (Å²) in [4.78, 5) is 72.8. The zero-order valence-electron chi connectivity index (χ0n) is 36.2. The molecule has 328 valence electrons. The number of imidazole rings is 2. The summed E-state index contributed by atoms with van der Waals surface area (Å²) in [6.07, 6.45) is 2.18. The van der Waals surface area contributed by atoms with Crippen LogP contribution in [0.1, 0.15) is 82.7 Å². The molecular formula is C45H54N8O9. The van der Waals surface area contributed by atoms with Gasteiger partial charge in [-0.05, 0) is 99.7 Å². The minimum absolute atomic E-state index is 0.0750. The lowest BCUT2D eigenvalue weighted by atomic mass is 9.92. The first kappa shape index (κ1) is 42.5. The minimum atomic E-state index is -0.938. The second-order valence-corrected chi connectivity index (χ2v) is 16.5. The van der Waals surface area contributed by atoms with Gasteiger partial charge in [-0.1, -0.05) is 18.2 Å². The molecule has 1 unspecified atom stereocenters. The van der Waals surface area contributed by atoms with E-state index in [4.69, 9.17) is 33.7 Å². The summed E-state index contributed by atoms with van der Waals surface area (Å²) in [5.74, 6) is 1.57. The van der Waals surface area contributed by atoms with Crippen LogP contribution in [-0.2, 0) is 35.1 Å². The van der Waals surface area contributed by atoms with Crippen LogP contribution < -0.4 is 15.4 Å². The van der Waals surface area contributed by atoms with E-state index in [1.165, 1.54) is 28.4 Å². The number of aromatic amines is 2. The van der Waals surface area contributed by atoms with Crippen LogP contribution in [0.4, 0.5) is 9.59 Å². The number of H-pyrrole nitrogens is 2. The molecule has 2 aromatic heterocycles. The van der Waals surface area contributed by atoms with Crippen molar-refractivity contribution in [2.45, 2.75) is 108 Å². The van der Waals surface area contributed by atoms with Crippen LogP contribution in [0.3, 0.4) is 0 Å². The van der Waals surface area contributed by atoms with Crippen molar-refractivity contribution < 1.29 is 42.9 Å². The Bertz CT molecular complexity index is 2520. The number of hydrogen-bond acceptors (Lipinski definition) is 11. The Morgan fingerprint density at radius 2 is 1.37 bits per heavy atom. The predicted molar refractivity (Wildman–Crippen MR) is 229 cm³/mol. The summed E-state index contributed by atoms with van der Waals surface area (Å²) >= 11 is 0. The van der Waals surface area contributed by atoms with E-state index in [9.17, 15) is 19.2 Å². The number of nitrogens with zero attached hydrogens (tertiary/aromatic N) is 4. The Morgan fingerprint density at radius 3 is 1.97 bits per heavy atom. The van der Waals surface area contributed by atoms with E-state index in [1.807, 2.05) is 26.0 Å². The number of benzene rings is 3. The summed E-state index contributed by atoms with van der Waals surface area (Å²) in [7, 11) is 5.52. The summed E-state index contributed by atoms with van der Waals surface area (Å²) in [5.41, 5.74) is 6.42.